The Morgan fingerprint density at radius 2 is 1.80 bits per heavy atom. The first-order valence-corrected chi connectivity index (χ1v) is 9.68. The first-order valence-electron chi connectivity index (χ1n) is 9.68. The second-order valence-corrected chi connectivity index (χ2v) is 7.11. The van der Waals surface area contributed by atoms with Gasteiger partial charge >= 0.3 is 0 Å². The number of rotatable bonds is 8. The van der Waals surface area contributed by atoms with Crippen LogP contribution in [0.4, 0.5) is 0 Å². The summed E-state index contributed by atoms with van der Waals surface area (Å²) in [4.78, 5) is 28.6. The van der Waals surface area contributed by atoms with Crippen molar-refractivity contribution < 1.29 is 9.59 Å². The van der Waals surface area contributed by atoms with Crippen molar-refractivity contribution in [3.8, 4) is 0 Å². The van der Waals surface area contributed by atoms with Gasteiger partial charge in [-0.05, 0) is 37.7 Å². The van der Waals surface area contributed by atoms with Crippen LogP contribution in [-0.4, -0.2) is 48.3 Å². The van der Waals surface area contributed by atoms with Gasteiger partial charge in [0.15, 0.2) is 0 Å². The van der Waals surface area contributed by atoms with E-state index in [1.165, 1.54) is 5.56 Å². The standard InChI is InChI=1S/C21H32N2O2/c1-3-4-15-22(2)21(25)19-13-16-23(17-14-19)20(24)12-8-11-18-9-6-5-7-10-18/h5-7,9-10,19H,3-4,8,11-17H2,1-2H3. The summed E-state index contributed by atoms with van der Waals surface area (Å²) >= 11 is 0. The number of likely N-dealkylation sites (tertiary alicyclic amines) is 1. The van der Waals surface area contributed by atoms with Crippen molar-refractivity contribution in [2.45, 2.75) is 51.9 Å². The highest BCUT2D eigenvalue weighted by Gasteiger charge is 2.28. The minimum Gasteiger partial charge on any atom is -0.346 e. The quantitative estimate of drug-likeness (QED) is 0.724. The monoisotopic (exact) mass is 344 g/mol. The van der Waals surface area contributed by atoms with Crippen LogP contribution in [0.3, 0.4) is 0 Å². The molecule has 4 heteroatoms. The topological polar surface area (TPSA) is 40.6 Å². The zero-order valence-electron chi connectivity index (χ0n) is 15.7. The van der Waals surface area contributed by atoms with Gasteiger partial charge in [-0.25, -0.2) is 0 Å². The zero-order chi connectivity index (χ0) is 18.1. The van der Waals surface area contributed by atoms with Crippen LogP contribution >= 0.6 is 0 Å². The van der Waals surface area contributed by atoms with Crippen molar-refractivity contribution in [1.82, 2.24) is 9.80 Å². The fourth-order valence-corrected chi connectivity index (χ4v) is 3.44. The van der Waals surface area contributed by atoms with E-state index in [4.69, 9.17) is 0 Å². The van der Waals surface area contributed by atoms with Crippen LogP contribution in [0.5, 0.6) is 0 Å². The number of hydrogen-bond acceptors (Lipinski definition) is 2. The first kappa shape index (κ1) is 19.5. The third-order valence-corrected chi connectivity index (χ3v) is 5.12. The third kappa shape index (κ3) is 6.18. The number of carbonyl (C=O) groups is 2. The molecule has 1 aliphatic rings. The molecule has 1 saturated heterocycles. The molecule has 0 unspecified atom stereocenters. The normalized spacial score (nSPS) is 15.2. The molecule has 0 aliphatic carbocycles. The van der Waals surface area contributed by atoms with Gasteiger partial charge in [0, 0.05) is 39.0 Å². The summed E-state index contributed by atoms with van der Waals surface area (Å²) in [5.74, 6) is 0.584. The molecule has 0 atom stereocenters. The molecule has 1 aromatic carbocycles. The maximum atomic E-state index is 12.4. The predicted molar refractivity (Wildman–Crippen MR) is 101 cm³/mol. The summed E-state index contributed by atoms with van der Waals surface area (Å²) < 4.78 is 0. The van der Waals surface area contributed by atoms with Gasteiger partial charge in [-0.1, -0.05) is 43.7 Å². The van der Waals surface area contributed by atoms with E-state index in [0.717, 1.165) is 58.2 Å². The van der Waals surface area contributed by atoms with Crippen molar-refractivity contribution >= 4 is 11.8 Å². The molecule has 4 nitrogen and oxygen atoms in total. The lowest BCUT2D eigenvalue weighted by atomic mass is 9.95. The molecule has 2 amide bonds. The van der Waals surface area contributed by atoms with Gasteiger partial charge in [-0.3, -0.25) is 9.59 Å². The largest absolute Gasteiger partial charge is 0.346 e. The van der Waals surface area contributed by atoms with Crippen LogP contribution in [0, 0.1) is 5.92 Å². The fourth-order valence-electron chi connectivity index (χ4n) is 3.44. The number of aryl methyl sites for hydroxylation is 1. The number of carbonyl (C=O) groups excluding carboxylic acids is 2. The van der Waals surface area contributed by atoms with Crippen LogP contribution < -0.4 is 0 Å². The zero-order valence-corrected chi connectivity index (χ0v) is 15.7. The van der Waals surface area contributed by atoms with E-state index in [2.05, 4.69) is 19.1 Å². The van der Waals surface area contributed by atoms with Crippen molar-refractivity contribution in [1.29, 1.82) is 0 Å². The molecule has 1 aromatic rings. The highest BCUT2D eigenvalue weighted by Crippen LogP contribution is 2.20. The SMILES string of the molecule is CCCCN(C)C(=O)C1CCN(C(=O)CCCc2ccccc2)CC1. The van der Waals surface area contributed by atoms with Crippen molar-refractivity contribution in [3.05, 3.63) is 35.9 Å². The maximum absolute atomic E-state index is 12.4. The van der Waals surface area contributed by atoms with E-state index >= 15 is 0 Å². The third-order valence-electron chi connectivity index (χ3n) is 5.12. The van der Waals surface area contributed by atoms with Crippen molar-refractivity contribution in [2.75, 3.05) is 26.7 Å². The Labute approximate surface area is 152 Å². The van der Waals surface area contributed by atoms with E-state index in [9.17, 15) is 9.59 Å². The van der Waals surface area contributed by atoms with Gasteiger partial charge < -0.3 is 9.80 Å². The molecular weight excluding hydrogens is 312 g/mol. The van der Waals surface area contributed by atoms with E-state index in [1.54, 1.807) is 0 Å². The van der Waals surface area contributed by atoms with Crippen LogP contribution in [0.25, 0.3) is 0 Å². The van der Waals surface area contributed by atoms with Gasteiger partial charge in [-0.15, -0.1) is 0 Å². The highest BCUT2D eigenvalue weighted by molar-refractivity contribution is 5.80. The lowest BCUT2D eigenvalue weighted by Gasteiger charge is -2.33. The van der Waals surface area contributed by atoms with Crippen molar-refractivity contribution in [3.63, 3.8) is 0 Å². The summed E-state index contributed by atoms with van der Waals surface area (Å²) in [5, 5.41) is 0. The molecule has 0 bridgehead atoms. The summed E-state index contributed by atoms with van der Waals surface area (Å²) in [5.41, 5.74) is 1.29. The molecule has 1 aliphatic heterocycles. The summed E-state index contributed by atoms with van der Waals surface area (Å²) in [7, 11) is 1.90. The van der Waals surface area contributed by atoms with Gasteiger partial charge in [0.1, 0.15) is 0 Å². The molecule has 1 fully saturated rings. The fraction of sp³-hybridized carbons (Fsp3) is 0.619. The summed E-state index contributed by atoms with van der Waals surface area (Å²) in [6, 6.07) is 10.3. The average molecular weight is 344 g/mol. The Balaban J connectivity index is 1.68. The summed E-state index contributed by atoms with van der Waals surface area (Å²) in [6.45, 7) is 4.43. The van der Waals surface area contributed by atoms with Crippen LogP contribution in [-0.2, 0) is 16.0 Å². The number of amides is 2. The Morgan fingerprint density at radius 1 is 1.12 bits per heavy atom. The molecule has 0 saturated carbocycles. The average Bonchev–Trinajstić information content (AvgIpc) is 2.66. The second kappa shape index (κ2) is 10.2. The molecule has 0 N–H and O–H groups in total. The van der Waals surface area contributed by atoms with E-state index in [-0.39, 0.29) is 17.7 Å². The van der Waals surface area contributed by atoms with E-state index in [1.807, 2.05) is 35.0 Å². The molecule has 0 radical (unpaired) electrons. The highest BCUT2D eigenvalue weighted by atomic mass is 16.2. The van der Waals surface area contributed by atoms with E-state index in [0.29, 0.717) is 6.42 Å². The molecular formula is C21H32N2O2. The molecule has 138 valence electrons. The minimum absolute atomic E-state index is 0.0928. The predicted octanol–water partition coefficient (Wildman–Crippen LogP) is 3.51. The lowest BCUT2D eigenvalue weighted by Crippen LogP contribution is -2.43. The Morgan fingerprint density at radius 3 is 2.44 bits per heavy atom. The smallest absolute Gasteiger partial charge is 0.225 e. The van der Waals surface area contributed by atoms with Gasteiger partial charge in [0.2, 0.25) is 11.8 Å². The summed E-state index contributed by atoms with van der Waals surface area (Å²) in [6.07, 6.45) is 6.21. The van der Waals surface area contributed by atoms with Crippen molar-refractivity contribution in [2.24, 2.45) is 5.92 Å². The number of nitrogens with zero attached hydrogens (tertiary/aromatic N) is 2. The van der Waals surface area contributed by atoms with Crippen LogP contribution in [0.15, 0.2) is 30.3 Å². The number of piperidine rings is 1. The second-order valence-electron chi connectivity index (χ2n) is 7.11. The maximum Gasteiger partial charge on any atom is 0.225 e. The lowest BCUT2D eigenvalue weighted by molar-refractivity contribution is -0.140. The van der Waals surface area contributed by atoms with Crippen LogP contribution in [0.2, 0.25) is 0 Å². The molecule has 0 spiro atoms. The van der Waals surface area contributed by atoms with Gasteiger partial charge in [-0.2, -0.15) is 0 Å². The minimum atomic E-state index is 0.0928. The van der Waals surface area contributed by atoms with E-state index < -0.39 is 0 Å². The number of benzene rings is 1. The number of hydrogen-bond donors (Lipinski definition) is 0. The Bertz CT molecular complexity index is 536. The van der Waals surface area contributed by atoms with Crippen LogP contribution in [0.1, 0.15) is 51.0 Å². The molecule has 0 aromatic heterocycles. The van der Waals surface area contributed by atoms with Gasteiger partial charge in [0.05, 0.1) is 0 Å². The number of unbranched alkanes of at least 4 members (excludes halogenated alkanes) is 1. The van der Waals surface area contributed by atoms with Gasteiger partial charge in [0.25, 0.3) is 0 Å². The molecule has 1 heterocycles. The first-order chi connectivity index (χ1) is 12.1. The Kier molecular flexibility index (Phi) is 7.96. The molecule has 25 heavy (non-hydrogen) atoms. The molecule has 2 rings (SSSR count). The Hall–Kier alpha value is -1.84.